The van der Waals surface area contributed by atoms with E-state index in [0.717, 1.165) is 53.3 Å². The Balaban J connectivity index is 1.71. The molecule has 6 nitrogen and oxygen atoms in total. The molecule has 1 aromatic carbocycles. The van der Waals surface area contributed by atoms with Crippen molar-refractivity contribution >= 4 is 39.6 Å². The molecule has 0 saturated heterocycles. The van der Waals surface area contributed by atoms with Crippen LogP contribution in [0.3, 0.4) is 0 Å². The van der Waals surface area contributed by atoms with Crippen molar-refractivity contribution < 1.29 is 19.0 Å². The topological polar surface area (TPSA) is 68.8 Å². The molecular weight excluding hydrogens is 444 g/mol. The highest BCUT2D eigenvalue weighted by atomic mass is 32.1. The van der Waals surface area contributed by atoms with Crippen molar-refractivity contribution in [2.45, 2.75) is 59.4 Å². The second-order valence-corrected chi connectivity index (χ2v) is 8.96. The monoisotopic (exact) mass is 476 g/mol. The Labute approximate surface area is 199 Å². The van der Waals surface area contributed by atoms with Crippen LogP contribution in [-0.2, 0) is 24.1 Å². The third kappa shape index (κ3) is 6.13. The molecule has 0 saturated carbocycles. The zero-order valence-corrected chi connectivity index (χ0v) is 20.7. The molecule has 0 unspecified atom stereocenters. The Hall–Kier alpha value is -2.32. The second-order valence-electron chi connectivity index (χ2n) is 7.44. The van der Waals surface area contributed by atoms with Gasteiger partial charge in [-0.3, -0.25) is 0 Å². The van der Waals surface area contributed by atoms with Gasteiger partial charge in [0.2, 0.25) is 0 Å². The number of benzene rings is 1. The van der Waals surface area contributed by atoms with Crippen LogP contribution in [0.2, 0.25) is 0 Å². The molecule has 1 aromatic heterocycles. The zero-order valence-electron chi connectivity index (χ0n) is 19.0. The summed E-state index contributed by atoms with van der Waals surface area (Å²) < 4.78 is 16.7. The first-order valence-electron chi connectivity index (χ1n) is 11.3. The van der Waals surface area contributed by atoms with E-state index in [0.29, 0.717) is 37.0 Å². The summed E-state index contributed by atoms with van der Waals surface area (Å²) in [5.41, 5.74) is 2.80. The molecule has 0 amide bonds. The lowest BCUT2D eigenvalue weighted by Crippen LogP contribution is -2.28. The summed E-state index contributed by atoms with van der Waals surface area (Å²) in [6.07, 6.45) is 5.35. The number of aryl methyl sites for hydroxylation is 1. The van der Waals surface area contributed by atoms with E-state index in [1.807, 2.05) is 39.0 Å². The number of rotatable bonds is 9. The lowest BCUT2D eigenvalue weighted by Gasteiger charge is -2.14. The van der Waals surface area contributed by atoms with E-state index < -0.39 is 0 Å². The molecule has 2 aromatic rings. The molecule has 1 heterocycles. The van der Waals surface area contributed by atoms with Crippen LogP contribution in [0, 0.1) is 0 Å². The minimum atomic E-state index is -0.273. The minimum absolute atomic E-state index is 0.273. The van der Waals surface area contributed by atoms with Gasteiger partial charge in [0.1, 0.15) is 5.00 Å². The van der Waals surface area contributed by atoms with Crippen LogP contribution >= 0.6 is 23.6 Å². The van der Waals surface area contributed by atoms with Gasteiger partial charge in [-0.15, -0.1) is 11.3 Å². The summed E-state index contributed by atoms with van der Waals surface area (Å²) in [5, 5.41) is 7.73. The van der Waals surface area contributed by atoms with E-state index >= 15 is 0 Å². The molecule has 0 atom stereocenters. The Kier molecular flexibility index (Phi) is 9.17. The van der Waals surface area contributed by atoms with Crippen molar-refractivity contribution in [2.24, 2.45) is 0 Å². The van der Waals surface area contributed by atoms with E-state index in [1.165, 1.54) is 11.3 Å². The van der Waals surface area contributed by atoms with Crippen molar-refractivity contribution in [2.75, 3.05) is 25.1 Å². The first kappa shape index (κ1) is 24.3. The predicted octanol–water partition coefficient (Wildman–Crippen LogP) is 5.48. The van der Waals surface area contributed by atoms with Gasteiger partial charge in [0.05, 0.1) is 25.4 Å². The van der Waals surface area contributed by atoms with Crippen molar-refractivity contribution in [3.8, 4) is 11.5 Å². The molecule has 174 valence electrons. The number of anilines is 1. The smallest absolute Gasteiger partial charge is 0.341 e. The number of ether oxygens (including phenoxy) is 3. The number of hydrogen-bond donors (Lipinski definition) is 2. The lowest BCUT2D eigenvalue weighted by molar-refractivity contribution is 0.0527. The highest BCUT2D eigenvalue weighted by Gasteiger charge is 2.26. The van der Waals surface area contributed by atoms with Crippen LogP contribution < -0.4 is 20.1 Å². The summed E-state index contributed by atoms with van der Waals surface area (Å²) in [6.45, 7) is 7.75. The molecular formula is C24H32N2O4S2. The number of hydrogen-bond acceptors (Lipinski definition) is 6. The average molecular weight is 477 g/mol. The van der Waals surface area contributed by atoms with Crippen LogP contribution in [0.25, 0.3) is 0 Å². The summed E-state index contributed by atoms with van der Waals surface area (Å²) in [5.74, 6) is 1.18. The maximum atomic E-state index is 12.7. The van der Waals surface area contributed by atoms with Crippen LogP contribution in [0.4, 0.5) is 5.00 Å². The lowest BCUT2D eigenvalue weighted by atomic mass is 10.1. The normalized spacial score (nSPS) is 13.0. The Bertz CT molecular complexity index is 942. The molecule has 1 aliphatic carbocycles. The number of thiophene rings is 1. The molecule has 8 heteroatoms. The fraction of sp³-hybridized carbons (Fsp3) is 0.500. The van der Waals surface area contributed by atoms with Crippen molar-refractivity contribution in [3.05, 3.63) is 39.8 Å². The molecule has 2 N–H and O–H groups in total. The highest BCUT2D eigenvalue weighted by Crippen LogP contribution is 2.38. The summed E-state index contributed by atoms with van der Waals surface area (Å²) in [7, 11) is 0. The van der Waals surface area contributed by atoms with Crippen molar-refractivity contribution in [3.63, 3.8) is 0 Å². The van der Waals surface area contributed by atoms with E-state index in [-0.39, 0.29) is 5.97 Å². The number of thiocarbonyl (C=S) groups is 1. The Morgan fingerprint density at radius 2 is 1.78 bits per heavy atom. The van der Waals surface area contributed by atoms with Gasteiger partial charge < -0.3 is 24.8 Å². The molecule has 0 spiro atoms. The van der Waals surface area contributed by atoms with Gasteiger partial charge in [0.15, 0.2) is 16.6 Å². The molecule has 0 fully saturated rings. The summed E-state index contributed by atoms with van der Waals surface area (Å²) in [6, 6.07) is 5.86. The predicted molar refractivity (Wildman–Crippen MR) is 133 cm³/mol. The van der Waals surface area contributed by atoms with Crippen molar-refractivity contribution in [1.82, 2.24) is 5.32 Å². The van der Waals surface area contributed by atoms with Crippen LogP contribution in [-0.4, -0.2) is 30.9 Å². The maximum Gasteiger partial charge on any atom is 0.341 e. The summed E-state index contributed by atoms with van der Waals surface area (Å²) in [4.78, 5) is 14.0. The Morgan fingerprint density at radius 1 is 1.03 bits per heavy atom. The summed E-state index contributed by atoms with van der Waals surface area (Å²) >= 11 is 7.16. The second kappa shape index (κ2) is 12.1. The van der Waals surface area contributed by atoms with Crippen LogP contribution in [0.15, 0.2) is 18.2 Å². The van der Waals surface area contributed by atoms with Gasteiger partial charge in [0, 0.05) is 11.4 Å². The molecule has 0 aliphatic heterocycles. The number of nitrogens with one attached hydrogen (secondary N) is 2. The number of esters is 1. The number of carbonyl (C=O) groups excluding carboxylic acids is 1. The van der Waals surface area contributed by atoms with Gasteiger partial charge >= 0.3 is 5.97 Å². The first-order valence-corrected chi connectivity index (χ1v) is 12.5. The van der Waals surface area contributed by atoms with Crippen LogP contribution in [0.5, 0.6) is 11.5 Å². The SMILES string of the molecule is CCOC(=O)c1c(NC(=S)NCc2ccc(OCC)c(OCC)c2)sc2c1CCCCC2. The molecule has 1 aliphatic rings. The minimum Gasteiger partial charge on any atom is -0.490 e. The van der Waals surface area contributed by atoms with Gasteiger partial charge in [-0.2, -0.15) is 0 Å². The van der Waals surface area contributed by atoms with Gasteiger partial charge in [-0.1, -0.05) is 12.5 Å². The maximum absolute atomic E-state index is 12.7. The van der Waals surface area contributed by atoms with Gasteiger partial charge in [-0.25, -0.2) is 4.79 Å². The largest absolute Gasteiger partial charge is 0.490 e. The van der Waals surface area contributed by atoms with Gasteiger partial charge in [-0.05, 0) is 81.9 Å². The van der Waals surface area contributed by atoms with E-state index in [4.69, 9.17) is 26.4 Å². The highest BCUT2D eigenvalue weighted by molar-refractivity contribution is 7.80. The average Bonchev–Trinajstić information content (AvgIpc) is 2.94. The quantitative estimate of drug-likeness (QED) is 0.282. The zero-order chi connectivity index (χ0) is 22.9. The van der Waals surface area contributed by atoms with E-state index in [1.54, 1.807) is 11.3 Å². The van der Waals surface area contributed by atoms with Crippen LogP contribution in [0.1, 0.15) is 66.4 Å². The fourth-order valence-corrected chi connectivity index (χ4v) is 5.31. The molecule has 0 bridgehead atoms. The third-order valence-corrected chi connectivity index (χ3v) is 6.64. The first-order chi connectivity index (χ1) is 15.6. The van der Waals surface area contributed by atoms with E-state index in [2.05, 4.69) is 10.6 Å². The fourth-order valence-electron chi connectivity index (χ4n) is 3.79. The molecule has 0 radical (unpaired) electrons. The number of carbonyl (C=O) groups is 1. The number of fused-ring (bicyclic) bond motifs is 1. The molecule has 32 heavy (non-hydrogen) atoms. The standard InChI is InChI=1S/C24H32N2O4S2/c1-4-28-18-13-12-16(14-19(18)29-5-2)15-25-24(31)26-22-21(23(27)30-6-3)17-10-8-7-9-11-20(17)32-22/h12-14H,4-11,15H2,1-3H3,(H2,25,26,31). The van der Waals surface area contributed by atoms with Gasteiger partial charge in [0.25, 0.3) is 0 Å². The third-order valence-electron chi connectivity index (χ3n) is 5.19. The Morgan fingerprint density at radius 3 is 2.53 bits per heavy atom. The van der Waals surface area contributed by atoms with E-state index in [9.17, 15) is 4.79 Å². The molecule has 3 rings (SSSR count). The van der Waals surface area contributed by atoms with Crippen molar-refractivity contribution in [1.29, 1.82) is 0 Å².